The number of anilines is 2. The summed E-state index contributed by atoms with van der Waals surface area (Å²) in [6, 6.07) is 9.58. The molecule has 1 heterocycles. The number of benzene rings is 1. The number of aromatic nitrogens is 1. The summed E-state index contributed by atoms with van der Waals surface area (Å²) in [7, 11) is 0. The van der Waals surface area contributed by atoms with Gasteiger partial charge in [-0.3, -0.25) is 0 Å². The zero-order valence-electron chi connectivity index (χ0n) is 15.4. The van der Waals surface area contributed by atoms with E-state index in [1.807, 2.05) is 0 Å². The zero-order valence-corrected chi connectivity index (χ0v) is 15.4. The van der Waals surface area contributed by atoms with Crippen molar-refractivity contribution < 1.29 is 4.79 Å². The smallest absolute Gasteiger partial charge is 0.316 e. The summed E-state index contributed by atoms with van der Waals surface area (Å²) in [5, 5.41) is 2.49. The van der Waals surface area contributed by atoms with E-state index in [-0.39, 0.29) is 5.82 Å². The van der Waals surface area contributed by atoms with Crippen LogP contribution in [0.3, 0.4) is 0 Å². The molecule has 1 aromatic heterocycles. The number of carbonyl (C=O) groups is 1. The molecule has 2 amide bonds. The molecule has 0 fully saturated rings. The van der Waals surface area contributed by atoms with Crippen LogP contribution >= 0.6 is 0 Å². The van der Waals surface area contributed by atoms with Crippen LogP contribution in [-0.2, 0) is 0 Å². The van der Waals surface area contributed by atoms with Crippen molar-refractivity contribution in [3.05, 3.63) is 77.4 Å². The Hall–Kier alpha value is -4.25. The number of amides is 2. The second-order valence-corrected chi connectivity index (χ2v) is 5.80. The first kappa shape index (κ1) is 20.1. The van der Waals surface area contributed by atoms with Crippen LogP contribution in [0.15, 0.2) is 71.3 Å². The van der Waals surface area contributed by atoms with Crippen molar-refractivity contribution >= 4 is 23.2 Å². The lowest BCUT2D eigenvalue weighted by molar-refractivity contribution is 0.259. The highest BCUT2D eigenvalue weighted by Crippen LogP contribution is 2.16. The number of urea groups is 1. The summed E-state index contributed by atoms with van der Waals surface area (Å²) in [6.45, 7) is 5.34. The number of allylic oxidation sites excluding steroid dienone is 2. The largest absolute Gasteiger partial charge is 0.401 e. The Labute approximate surface area is 163 Å². The summed E-state index contributed by atoms with van der Waals surface area (Å²) in [6.07, 6.45) is 1.56. The van der Waals surface area contributed by atoms with E-state index in [0.717, 1.165) is 0 Å². The molecule has 9 N–H and O–H groups in total. The van der Waals surface area contributed by atoms with Crippen LogP contribution in [-0.4, -0.2) is 16.7 Å². The Kier molecular flexibility index (Phi) is 6.39. The maximum atomic E-state index is 11.0. The number of nitrogens with zero attached hydrogens (tertiary/aromatic N) is 2. The molecular weight excluding hydrogens is 354 g/mol. The van der Waals surface area contributed by atoms with Gasteiger partial charge in [-0.05, 0) is 31.2 Å². The maximum Gasteiger partial charge on any atom is 0.316 e. The molecule has 0 saturated heterocycles. The Bertz CT molecular complexity index is 1000. The van der Waals surface area contributed by atoms with Crippen LogP contribution < -0.4 is 28.3 Å². The first-order valence-corrected chi connectivity index (χ1v) is 8.16. The first-order chi connectivity index (χ1) is 13.3. The SMILES string of the molecule is C=C(N)N=C(/C(C#Cc1ccc(N)nc1)=C(/C)N)c1ccc(NC(N)=O)cc1. The topological polar surface area (TPSA) is 158 Å². The zero-order chi connectivity index (χ0) is 20.7. The van der Waals surface area contributed by atoms with Gasteiger partial charge >= 0.3 is 6.03 Å². The summed E-state index contributed by atoms with van der Waals surface area (Å²) in [5.41, 5.74) is 25.7. The molecule has 2 rings (SSSR count). The van der Waals surface area contributed by atoms with Gasteiger partial charge in [0.25, 0.3) is 0 Å². The minimum Gasteiger partial charge on any atom is -0.401 e. The van der Waals surface area contributed by atoms with Crippen molar-refractivity contribution in [2.24, 2.45) is 22.2 Å². The van der Waals surface area contributed by atoms with Gasteiger partial charge in [0, 0.05) is 28.7 Å². The van der Waals surface area contributed by atoms with Gasteiger partial charge < -0.3 is 28.3 Å². The molecule has 0 saturated carbocycles. The molecule has 0 aliphatic heterocycles. The van der Waals surface area contributed by atoms with Gasteiger partial charge in [-0.15, -0.1) is 0 Å². The molecule has 0 bridgehead atoms. The number of pyridine rings is 1. The van der Waals surface area contributed by atoms with E-state index >= 15 is 0 Å². The Morgan fingerprint density at radius 1 is 1.14 bits per heavy atom. The number of carbonyl (C=O) groups excluding carboxylic acids is 1. The van der Waals surface area contributed by atoms with E-state index < -0.39 is 6.03 Å². The standard InChI is InChI=1S/C20H21N7O/c1-12(21)17(9-3-14-4-10-18(23)25-11-14)19(26-13(2)22)15-5-7-16(8-6-15)27-20(24)28/h4-8,10-11H,2,21-22H2,1H3,(H2,23,25)(H3,24,27,28)/b17-12-,26-19?. The highest BCUT2D eigenvalue weighted by Gasteiger charge is 2.12. The Morgan fingerprint density at radius 3 is 2.32 bits per heavy atom. The van der Waals surface area contributed by atoms with E-state index in [1.165, 1.54) is 0 Å². The third kappa shape index (κ3) is 5.64. The minimum absolute atomic E-state index is 0.101. The summed E-state index contributed by atoms with van der Waals surface area (Å²) < 4.78 is 0. The number of hydrogen-bond donors (Lipinski definition) is 5. The summed E-state index contributed by atoms with van der Waals surface area (Å²) >= 11 is 0. The van der Waals surface area contributed by atoms with Crippen molar-refractivity contribution in [1.29, 1.82) is 0 Å². The molecule has 0 unspecified atom stereocenters. The van der Waals surface area contributed by atoms with Crippen molar-refractivity contribution in [2.75, 3.05) is 11.1 Å². The molecule has 2 aromatic rings. The number of nitrogens with one attached hydrogen (secondary N) is 1. The fraction of sp³-hybridized carbons (Fsp3) is 0.0500. The van der Waals surface area contributed by atoms with Gasteiger partial charge in [-0.1, -0.05) is 30.6 Å². The van der Waals surface area contributed by atoms with Crippen LogP contribution in [0.5, 0.6) is 0 Å². The molecule has 142 valence electrons. The highest BCUT2D eigenvalue weighted by molar-refractivity contribution is 6.16. The van der Waals surface area contributed by atoms with Gasteiger partial charge in [0.15, 0.2) is 0 Å². The third-order valence-electron chi connectivity index (χ3n) is 3.43. The van der Waals surface area contributed by atoms with Crippen LogP contribution in [0.2, 0.25) is 0 Å². The molecule has 0 atom stereocenters. The van der Waals surface area contributed by atoms with Crippen LogP contribution in [0.4, 0.5) is 16.3 Å². The third-order valence-corrected chi connectivity index (χ3v) is 3.43. The number of hydrogen-bond acceptors (Lipinski definition) is 6. The molecule has 0 aliphatic carbocycles. The van der Waals surface area contributed by atoms with Crippen molar-refractivity contribution in [3.8, 4) is 11.8 Å². The van der Waals surface area contributed by atoms with Crippen molar-refractivity contribution in [2.45, 2.75) is 6.92 Å². The number of nitrogens with two attached hydrogens (primary N) is 4. The lowest BCUT2D eigenvalue weighted by Gasteiger charge is -2.10. The van der Waals surface area contributed by atoms with Gasteiger partial charge in [-0.2, -0.15) is 0 Å². The summed E-state index contributed by atoms with van der Waals surface area (Å²) in [4.78, 5) is 19.3. The number of aliphatic imine (C=N–C) groups is 1. The van der Waals surface area contributed by atoms with Gasteiger partial charge in [0.05, 0.1) is 11.3 Å². The first-order valence-electron chi connectivity index (χ1n) is 8.16. The average molecular weight is 375 g/mol. The lowest BCUT2D eigenvalue weighted by atomic mass is 10.00. The van der Waals surface area contributed by atoms with Crippen LogP contribution in [0.1, 0.15) is 18.1 Å². The fourth-order valence-electron chi connectivity index (χ4n) is 2.22. The molecular formula is C20H21N7O. The van der Waals surface area contributed by atoms with Crippen LogP contribution in [0, 0.1) is 11.8 Å². The normalized spacial score (nSPS) is 11.7. The quantitative estimate of drug-likeness (QED) is 0.405. The number of nitrogen functional groups attached to an aromatic ring is 1. The molecule has 0 aliphatic rings. The van der Waals surface area contributed by atoms with Crippen molar-refractivity contribution in [3.63, 3.8) is 0 Å². The van der Waals surface area contributed by atoms with E-state index in [9.17, 15) is 4.79 Å². The second kappa shape index (κ2) is 8.91. The van der Waals surface area contributed by atoms with E-state index in [2.05, 4.69) is 33.7 Å². The second-order valence-electron chi connectivity index (χ2n) is 5.80. The molecule has 8 heteroatoms. The molecule has 8 nitrogen and oxygen atoms in total. The van der Waals surface area contributed by atoms with Crippen molar-refractivity contribution in [1.82, 2.24) is 4.98 Å². The molecule has 28 heavy (non-hydrogen) atoms. The monoisotopic (exact) mass is 375 g/mol. The Morgan fingerprint density at radius 2 is 1.82 bits per heavy atom. The van der Waals surface area contributed by atoms with E-state index in [1.54, 1.807) is 49.5 Å². The lowest BCUT2D eigenvalue weighted by Crippen LogP contribution is -2.19. The summed E-state index contributed by atoms with van der Waals surface area (Å²) in [5.74, 6) is 6.50. The predicted octanol–water partition coefficient (Wildman–Crippen LogP) is 1.66. The van der Waals surface area contributed by atoms with Crippen LogP contribution in [0.25, 0.3) is 0 Å². The number of primary amides is 1. The van der Waals surface area contributed by atoms with E-state index in [0.29, 0.717) is 39.6 Å². The minimum atomic E-state index is -0.654. The Balaban J connectivity index is 2.47. The molecule has 0 spiro atoms. The van der Waals surface area contributed by atoms with Gasteiger partial charge in [0.1, 0.15) is 11.6 Å². The van der Waals surface area contributed by atoms with Gasteiger partial charge in [0.2, 0.25) is 0 Å². The molecule has 0 radical (unpaired) electrons. The van der Waals surface area contributed by atoms with Gasteiger partial charge in [-0.25, -0.2) is 14.8 Å². The maximum absolute atomic E-state index is 11.0. The highest BCUT2D eigenvalue weighted by atomic mass is 16.2. The van der Waals surface area contributed by atoms with E-state index in [4.69, 9.17) is 22.9 Å². The fourth-order valence-corrected chi connectivity index (χ4v) is 2.22. The molecule has 1 aromatic carbocycles. The predicted molar refractivity (Wildman–Crippen MR) is 112 cm³/mol. The average Bonchev–Trinajstić information content (AvgIpc) is 2.62. The number of rotatable bonds is 4.